The van der Waals surface area contributed by atoms with E-state index in [4.69, 9.17) is 14.2 Å². The Morgan fingerprint density at radius 2 is 0.839 bits per heavy atom. The molecule has 1 unspecified atom stereocenters. The van der Waals surface area contributed by atoms with Crippen LogP contribution in [0, 0.1) is 11.8 Å². The van der Waals surface area contributed by atoms with Crippen LogP contribution in [0.3, 0.4) is 0 Å². The van der Waals surface area contributed by atoms with Crippen molar-refractivity contribution in [3.8, 4) is 0 Å². The summed E-state index contributed by atoms with van der Waals surface area (Å²) >= 11 is 0. The summed E-state index contributed by atoms with van der Waals surface area (Å²) in [4.78, 5) is 48.3. The van der Waals surface area contributed by atoms with Crippen molar-refractivity contribution in [1.29, 1.82) is 0 Å². The van der Waals surface area contributed by atoms with Gasteiger partial charge in [-0.15, -0.1) is 0 Å². The SMILES string of the molecule is CC(C)CCCCCOC(=O)CCCCC(=O)OCCCCCC(C)C.CCCCCCCCCC(CCCCCC)(CCCCCCCC)OC(=O)c1ccccc1C(=O)O. The molecule has 1 N–H and O–H groups in total. The number of unbranched alkanes of at least 4 members (excludes halogenated alkanes) is 19. The third-order valence-electron chi connectivity index (χ3n) is 11.8. The maximum Gasteiger partial charge on any atom is 0.339 e. The topological polar surface area (TPSA) is 116 Å². The fourth-order valence-corrected chi connectivity index (χ4v) is 7.85. The standard InChI is InChI=1S/C32H54O4.C22H42O4/c1-4-7-10-13-15-17-22-27-32(25-20-12-9-6-3,26-21-16-14-11-8-5-2)36-31(35)29-24-19-18-23-28(29)30(33)34;1-19(2)13-7-5-11-17-25-21(23)15-9-10-16-22(24)26-18-12-6-8-14-20(3)4/h18-19,23-24H,4-17,20-22,25-27H2,1-3H3,(H,33,34);19-20H,5-18H2,1-4H3. The van der Waals surface area contributed by atoms with Gasteiger partial charge in [0.25, 0.3) is 0 Å². The number of aromatic carboxylic acids is 1. The maximum absolute atomic E-state index is 13.4. The van der Waals surface area contributed by atoms with Crippen molar-refractivity contribution in [1.82, 2.24) is 0 Å². The van der Waals surface area contributed by atoms with E-state index in [1.165, 1.54) is 109 Å². The van der Waals surface area contributed by atoms with E-state index in [0.717, 1.165) is 88.9 Å². The molecule has 0 fully saturated rings. The van der Waals surface area contributed by atoms with Crippen molar-refractivity contribution in [3.63, 3.8) is 0 Å². The number of benzene rings is 1. The van der Waals surface area contributed by atoms with Gasteiger partial charge >= 0.3 is 23.9 Å². The van der Waals surface area contributed by atoms with Crippen LogP contribution in [-0.2, 0) is 23.8 Å². The van der Waals surface area contributed by atoms with Crippen molar-refractivity contribution in [2.75, 3.05) is 13.2 Å². The van der Waals surface area contributed by atoms with Crippen molar-refractivity contribution in [2.24, 2.45) is 11.8 Å². The minimum absolute atomic E-state index is 0.0258. The Kier molecular flexibility index (Phi) is 38.9. The Morgan fingerprint density at radius 3 is 1.23 bits per heavy atom. The van der Waals surface area contributed by atoms with E-state index in [2.05, 4.69) is 48.5 Å². The molecule has 1 aromatic rings. The number of carboxylic acid groups (broad SMARTS) is 1. The second-order valence-electron chi connectivity index (χ2n) is 18.8. The lowest BCUT2D eigenvalue weighted by atomic mass is 9.84. The Hall–Kier alpha value is -2.90. The fraction of sp³-hybridized carbons (Fsp3) is 0.815. The molecule has 0 bridgehead atoms. The molecule has 0 saturated carbocycles. The number of carbonyl (C=O) groups is 4. The lowest BCUT2D eigenvalue weighted by Crippen LogP contribution is -2.36. The van der Waals surface area contributed by atoms with Crippen LogP contribution >= 0.6 is 0 Å². The first kappa shape index (κ1) is 59.1. The van der Waals surface area contributed by atoms with Crippen molar-refractivity contribution in [2.45, 2.75) is 260 Å². The molecule has 0 spiro atoms. The molecule has 1 rings (SSSR count). The van der Waals surface area contributed by atoms with Gasteiger partial charge in [-0.1, -0.05) is 189 Å². The smallest absolute Gasteiger partial charge is 0.339 e. The molecule has 1 atom stereocenters. The monoisotopic (exact) mass is 873 g/mol. The van der Waals surface area contributed by atoms with Gasteiger partial charge in [-0.3, -0.25) is 9.59 Å². The normalized spacial score (nSPS) is 12.1. The maximum atomic E-state index is 13.4. The van der Waals surface area contributed by atoms with Crippen LogP contribution in [0.5, 0.6) is 0 Å². The quantitative estimate of drug-likeness (QED) is 0.0394. The lowest BCUT2D eigenvalue weighted by molar-refractivity contribution is -0.146. The molecule has 62 heavy (non-hydrogen) atoms. The number of ether oxygens (including phenoxy) is 3. The molecular formula is C54H96O8. The Balaban J connectivity index is 0.00000127. The van der Waals surface area contributed by atoms with Crippen LogP contribution in [0.4, 0.5) is 0 Å². The average molecular weight is 873 g/mol. The summed E-state index contributed by atoms with van der Waals surface area (Å²) in [6.07, 6.45) is 34.2. The molecule has 8 nitrogen and oxygen atoms in total. The van der Waals surface area contributed by atoms with E-state index in [1.54, 1.807) is 18.2 Å². The van der Waals surface area contributed by atoms with Gasteiger partial charge in [-0.05, 0) is 88.2 Å². The number of carbonyl (C=O) groups excluding carboxylic acids is 3. The summed E-state index contributed by atoms with van der Waals surface area (Å²) in [6, 6.07) is 6.46. The van der Waals surface area contributed by atoms with Gasteiger partial charge in [0.15, 0.2) is 0 Å². The molecule has 0 amide bonds. The van der Waals surface area contributed by atoms with Gasteiger partial charge in [0, 0.05) is 12.8 Å². The number of hydrogen-bond acceptors (Lipinski definition) is 7. The molecule has 0 radical (unpaired) electrons. The first-order valence-corrected chi connectivity index (χ1v) is 25.8. The summed E-state index contributed by atoms with van der Waals surface area (Å²) in [5.74, 6) is -0.362. The molecule has 0 aromatic heterocycles. The molecule has 1 aromatic carbocycles. The highest BCUT2D eigenvalue weighted by atomic mass is 16.6. The molecule has 0 aliphatic carbocycles. The zero-order valence-corrected chi connectivity index (χ0v) is 41.3. The van der Waals surface area contributed by atoms with E-state index >= 15 is 0 Å². The number of hydrogen-bond donors (Lipinski definition) is 1. The summed E-state index contributed by atoms with van der Waals surface area (Å²) in [5.41, 5.74) is -0.298. The van der Waals surface area contributed by atoms with Crippen molar-refractivity contribution in [3.05, 3.63) is 35.4 Å². The highest BCUT2D eigenvalue weighted by molar-refractivity contribution is 6.02. The van der Waals surface area contributed by atoms with Gasteiger partial charge in [0.2, 0.25) is 0 Å². The predicted molar refractivity (Wildman–Crippen MR) is 258 cm³/mol. The minimum atomic E-state index is -1.08. The third kappa shape index (κ3) is 34.6. The van der Waals surface area contributed by atoms with Crippen LogP contribution in [0.25, 0.3) is 0 Å². The van der Waals surface area contributed by atoms with E-state index in [0.29, 0.717) is 38.9 Å². The van der Waals surface area contributed by atoms with Gasteiger partial charge in [0.05, 0.1) is 24.3 Å². The van der Waals surface area contributed by atoms with Gasteiger partial charge < -0.3 is 19.3 Å². The van der Waals surface area contributed by atoms with E-state index in [1.807, 2.05) is 0 Å². The van der Waals surface area contributed by atoms with Gasteiger partial charge in [-0.25, -0.2) is 9.59 Å². The number of esters is 3. The van der Waals surface area contributed by atoms with Crippen LogP contribution < -0.4 is 0 Å². The first-order valence-electron chi connectivity index (χ1n) is 25.8. The van der Waals surface area contributed by atoms with Crippen LogP contribution in [0.2, 0.25) is 0 Å². The molecule has 0 saturated heterocycles. The summed E-state index contributed by atoms with van der Waals surface area (Å²) in [6.45, 7) is 16.6. The van der Waals surface area contributed by atoms with Crippen molar-refractivity contribution < 1.29 is 38.5 Å². The Labute approximate surface area is 381 Å². The number of rotatable bonds is 40. The second-order valence-corrected chi connectivity index (χ2v) is 18.8. The highest BCUT2D eigenvalue weighted by Gasteiger charge is 2.34. The predicted octanol–water partition coefficient (Wildman–Crippen LogP) is 16.2. The third-order valence-corrected chi connectivity index (χ3v) is 11.8. The summed E-state index contributed by atoms with van der Waals surface area (Å²) < 4.78 is 16.8. The molecule has 8 heteroatoms. The van der Waals surface area contributed by atoms with Crippen LogP contribution in [-0.4, -0.2) is 47.8 Å². The zero-order chi connectivity index (χ0) is 46.1. The minimum Gasteiger partial charge on any atom is -0.478 e. The zero-order valence-electron chi connectivity index (χ0n) is 41.3. The number of carboxylic acids is 1. The molecule has 360 valence electrons. The van der Waals surface area contributed by atoms with Crippen LogP contribution in [0.15, 0.2) is 24.3 Å². The molecule has 0 aliphatic rings. The Bertz CT molecular complexity index is 1210. The molecular weight excluding hydrogens is 777 g/mol. The van der Waals surface area contributed by atoms with E-state index in [9.17, 15) is 24.3 Å². The fourth-order valence-electron chi connectivity index (χ4n) is 7.85. The van der Waals surface area contributed by atoms with E-state index < -0.39 is 17.5 Å². The largest absolute Gasteiger partial charge is 0.478 e. The summed E-state index contributed by atoms with van der Waals surface area (Å²) in [5, 5.41) is 9.61. The van der Waals surface area contributed by atoms with E-state index in [-0.39, 0.29) is 23.1 Å². The lowest BCUT2D eigenvalue weighted by Gasteiger charge is -2.34. The van der Waals surface area contributed by atoms with Crippen molar-refractivity contribution >= 4 is 23.9 Å². The average Bonchev–Trinajstić information content (AvgIpc) is 3.24. The second kappa shape index (κ2) is 40.8. The Morgan fingerprint density at radius 1 is 0.484 bits per heavy atom. The van der Waals surface area contributed by atoms with Gasteiger partial charge in [0.1, 0.15) is 5.60 Å². The highest BCUT2D eigenvalue weighted by Crippen LogP contribution is 2.34. The van der Waals surface area contributed by atoms with Crippen LogP contribution in [0.1, 0.15) is 275 Å². The van der Waals surface area contributed by atoms with Gasteiger partial charge in [-0.2, -0.15) is 0 Å². The summed E-state index contributed by atoms with van der Waals surface area (Å²) in [7, 11) is 0. The molecule has 0 heterocycles. The molecule has 0 aliphatic heterocycles. The first-order chi connectivity index (χ1) is 29.9.